The molecule has 0 saturated heterocycles. The van der Waals surface area contributed by atoms with E-state index in [1.807, 2.05) is 30.3 Å². The average molecular weight is 365 g/mol. The van der Waals surface area contributed by atoms with Gasteiger partial charge in [0.05, 0.1) is 11.2 Å². The maximum atomic E-state index is 14.4. The summed E-state index contributed by atoms with van der Waals surface area (Å²) < 4.78 is 48.5. The second-order valence-electron chi connectivity index (χ2n) is 6.00. The molecule has 0 aliphatic rings. The third-order valence-corrected chi connectivity index (χ3v) is 4.43. The van der Waals surface area contributed by atoms with E-state index in [9.17, 15) is 13.2 Å². The SMILES string of the molecule is Fc1ccc(-c2nc3occn3c2-c2ccc3ncccc3c2)c(F)c1F. The minimum absolute atomic E-state index is 0.144. The topological polar surface area (TPSA) is 43.3 Å². The highest BCUT2D eigenvalue weighted by atomic mass is 19.2. The maximum absolute atomic E-state index is 14.4. The van der Waals surface area contributed by atoms with Crippen LogP contribution in [0.15, 0.2) is 65.5 Å². The predicted octanol–water partition coefficient (Wildman–Crippen LogP) is 5.23. The van der Waals surface area contributed by atoms with Crippen LogP contribution in [-0.4, -0.2) is 14.4 Å². The monoisotopic (exact) mass is 365 g/mol. The number of imidazole rings is 1. The third kappa shape index (κ3) is 2.32. The highest BCUT2D eigenvalue weighted by Gasteiger charge is 2.23. The number of pyridine rings is 1. The van der Waals surface area contributed by atoms with Crippen LogP contribution in [0, 0.1) is 17.5 Å². The molecule has 3 heterocycles. The standard InChI is InChI=1S/C20H10F3N3O/c21-14-5-4-13(16(22)17(14)23)18-19(26-8-9-27-20(26)25-18)12-3-6-15-11(10-12)2-1-7-24-15/h1-10H. The quantitative estimate of drug-likeness (QED) is 0.403. The van der Waals surface area contributed by atoms with Crippen LogP contribution in [0.5, 0.6) is 0 Å². The first-order chi connectivity index (χ1) is 13.1. The van der Waals surface area contributed by atoms with Crippen LogP contribution in [0.2, 0.25) is 0 Å². The molecule has 27 heavy (non-hydrogen) atoms. The molecule has 7 heteroatoms. The zero-order valence-corrected chi connectivity index (χ0v) is 13.7. The molecule has 5 aromatic rings. The normalized spacial score (nSPS) is 11.5. The van der Waals surface area contributed by atoms with Gasteiger partial charge < -0.3 is 4.42 Å². The van der Waals surface area contributed by atoms with Crippen LogP contribution in [0.1, 0.15) is 0 Å². The van der Waals surface area contributed by atoms with Crippen molar-refractivity contribution in [2.45, 2.75) is 0 Å². The number of aromatic nitrogens is 3. The second kappa shape index (κ2) is 5.70. The zero-order valence-electron chi connectivity index (χ0n) is 13.7. The molecular weight excluding hydrogens is 355 g/mol. The van der Waals surface area contributed by atoms with Gasteiger partial charge in [-0.1, -0.05) is 12.1 Å². The molecule has 0 unspecified atom stereocenters. The van der Waals surface area contributed by atoms with Crippen LogP contribution in [0.25, 0.3) is 39.3 Å². The summed E-state index contributed by atoms with van der Waals surface area (Å²) >= 11 is 0. The van der Waals surface area contributed by atoms with Crippen LogP contribution >= 0.6 is 0 Å². The van der Waals surface area contributed by atoms with Crippen molar-refractivity contribution in [3.8, 4) is 22.5 Å². The first-order valence-corrected chi connectivity index (χ1v) is 8.08. The van der Waals surface area contributed by atoms with Crippen molar-refractivity contribution in [1.29, 1.82) is 0 Å². The lowest BCUT2D eigenvalue weighted by Crippen LogP contribution is -1.96. The van der Waals surface area contributed by atoms with Gasteiger partial charge in [0.1, 0.15) is 12.0 Å². The van der Waals surface area contributed by atoms with E-state index in [0.29, 0.717) is 11.3 Å². The summed E-state index contributed by atoms with van der Waals surface area (Å²) in [5, 5.41) is 0.880. The Kier molecular flexibility index (Phi) is 3.30. The minimum atomic E-state index is -1.54. The van der Waals surface area contributed by atoms with Crippen LogP contribution in [-0.2, 0) is 0 Å². The molecule has 4 nitrogen and oxygen atoms in total. The number of rotatable bonds is 2. The molecular formula is C20H10F3N3O. The van der Waals surface area contributed by atoms with E-state index >= 15 is 0 Å². The van der Waals surface area contributed by atoms with Gasteiger partial charge in [-0.2, -0.15) is 4.98 Å². The Morgan fingerprint density at radius 3 is 2.74 bits per heavy atom. The van der Waals surface area contributed by atoms with Gasteiger partial charge in [0, 0.05) is 28.9 Å². The fourth-order valence-electron chi connectivity index (χ4n) is 3.18. The fraction of sp³-hybridized carbons (Fsp3) is 0. The van der Waals surface area contributed by atoms with E-state index in [1.54, 1.807) is 16.8 Å². The molecule has 0 bridgehead atoms. The summed E-state index contributed by atoms with van der Waals surface area (Å²) in [5.41, 5.74) is 2.04. The number of fused-ring (bicyclic) bond motifs is 2. The third-order valence-electron chi connectivity index (χ3n) is 4.43. The minimum Gasteiger partial charge on any atom is -0.432 e. The summed E-state index contributed by atoms with van der Waals surface area (Å²) in [5.74, 6) is -3.86. The van der Waals surface area contributed by atoms with Crippen molar-refractivity contribution in [3.63, 3.8) is 0 Å². The van der Waals surface area contributed by atoms with Gasteiger partial charge in [-0.05, 0) is 30.3 Å². The summed E-state index contributed by atoms with van der Waals surface area (Å²) in [6.45, 7) is 0. The van der Waals surface area contributed by atoms with Crippen molar-refractivity contribution < 1.29 is 17.6 Å². The first kappa shape index (κ1) is 15.6. The molecule has 0 saturated carbocycles. The zero-order chi connectivity index (χ0) is 18.5. The summed E-state index contributed by atoms with van der Waals surface area (Å²) in [4.78, 5) is 8.56. The van der Waals surface area contributed by atoms with E-state index in [0.717, 1.165) is 17.0 Å². The van der Waals surface area contributed by atoms with E-state index in [4.69, 9.17) is 4.42 Å². The Balaban J connectivity index is 1.82. The molecule has 0 aliphatic carbocycles. The van der Waals surface area contributed by atoms with Crippen LogP contribution in [0.3, 0.4) is 0 Å². The highest BCUT2D eigenvalue weighted by molar-refractivity contribution is 5.88. The summed E-state index contributed by atoms with van der Waals surface area (Å²) in [7, 11) is 0. The Labute approximate surface area is 150 Å². The lowest BCUT2D eigenvalue weighted by Gasteiger charge is -2.07. The van der Waals surface area contributed by atoms with Crippen LogP contribution in [0.4, 0.5) is 13.2 Å². The molecule has 0 fully saturated rings. The fourth-order valence-corrected chi connectivity index (χ4v) is 3.18. The largest absolute Gasteiger partial charge is 0.432 e. The van der Waals surface area contributed by atoms with Gasteiger partial charge in [-0.15, -0.1) is 0 Å². The lowest BCUT2D eigenvalue weighted by molar-refractivity contribution is 0.449. The molecule has 132 valence electrons. The van der Waals surface area contributed by atoms with Gasteiger partial charge in [-0.3, -0.25) is 9.38 Å². The van der Waals surface area contributed by atoms with E-state index in [1.165, 1.54) is 12.3 Å². The molecule has 0 amide bonds. The van der Waals surface area contributed by atoms with Crippen LogP contribution < -0.4 is 0 Å². The smallest absolute Gasteiger partial charge is 0.306 e. The van der Waals surface area contributed by atoms with Gasteiger partial charge in [0.2, 0.25) is 0 Å². The number of nitrogens with zero attached hydrogens (tertiary/aromatic N) is 3. The molecule has 0 aliphatic heterocycles. The Hall–Kier alpha value is -3.61. The molecule has 0 spiro atoms. The number of benzene rings is 2. The first-order valence-electron chi connectivity index (χ1n) is 8.08. The lowest BCUT2D eigenvalue weighted by atomic mass is 10.0. The Morgan fingerprint density at radius 1 is 0.963 bits per heavy atom. The molecule has 0 N–H and O–H groups in total. The van der Waals surface area contributed by atoms with Crippen molar-refractivity contribution in [1.82, 2.24) is 14.4 Å². The average Bonchev–Trinajstić information content (AvgIpc) is 3.27. The Morgan fingerprint density at radius 2 is 1.85 bits per heavy atom. The van der Waals surface area contributed by atoms with E-state index in [-0.39, 0.29) is 17.1 Å². The summed E-state index contributed by atoms with van der Waals surface area (Å²) in [6.07, 6.45) is 4.77. The van der Waals surface area contributed by atoms with Crippen molar-refractivity contribution in [3.05, 3.63) is 78.6 Å². The molecule has 0 atom stereocenters. The second-order valence-corrected chi connectivity index (χ2v) is 6.00. The van der Waals surface area contributed by atoms with Gasteiger partial charge in [-0.25, -0.2) is 13.2 Å². The number of halogens is 3. The number of hydrogen-bond acceptors (Lipinski definition) is 3. The van der Waals surface area contributed by atoms with Gasteiger partial charge >= 0.3 is 5.84 Å². The molecule has 2 aromatic carbocycles. The van der Waals surface area contributed by atoms with Crippen molar-refractivity contribution in [2.75, 3.05) is 0 Å². The highest BCUT2D eigenvalue weighted by Crippen LogP contribution is 2.36. The number of hydrogen-bond donors (Lipinski definition) is 0. The van der Waals surface area contributed by atoms with Gasteiger partial charge in [0.15, 0.2) is 17.5 Å². The Bertz CT molecular complexity index is 1320. The van der Waals surface area contributed by atoms with Gasteiger partial charge in [0.25, 0.3) is 0 Å². The molecule has 3 aromatic heterocycles. The molecule has 0 radical (unpaired) electrons. The van der Waals surface area contributed by atoms with Crippen molar-refractivity contribution in [2.24, 2.45) is 0 Å². The van der Waals surface area contributed by atoms with Crippen molar-refractivity contribution >= 4 is 16.7 Å². The maximum Gasteiger partial charge on any atom is 0.306 e. The van der Waals surface area contributed by atoms with E-state index in [2.05, 4.69) is 9.97 Å². The number of oxazole rings is 1. The summed E-state index contributed by atoms with van der Waals surface area (Å²) in [6, 6.07) is 11.3. The molecule has 5 rings (SSSR count). The predicted molar refractivity (Wildman–Crippen MR) is 93.5 cm³/mol. The van der Waals surface area contributed by atoms with E-state index < -0.39 is 17.5 Å².